The average Bonchev–Trinajstić information content (AvgIpc) is 2.43. The lowest BCUT2D eigenvalue weighted by atomic mass is 10.5. The first kappa shape index (κ1) is 7.16. The summed E-state index contributed by atoms with van der Waals surface area (Å²) in [6.45, 7) is 0. The molecule has 56 valence electrons. The second-order valence-electron chi connectivity index (χ2n) is 1.67. The van der Waals surface area contributed by atoms with Gasteiger partial charge in [0.25, 0.3) is 0 Å². The Balaban J connectivity index is 2.64. The van der Waals surface area contributed by atoms with Gasteiger partial charge in [0.1, 0.15) is 5.82 Å². The van der Waals surface area contributed by atoms with Gasteiger partial charge in [0.2, 0.25) is 0 Å². The van der Waals surface area contributed by atoms with Gasteiger partial charge in [0.15, 0.2) is 6.17 Å². The molecule has 5 N–H and O–H groups in total. The van der Waals surface area contributed by atoms with Crippen molar-refractivity contribution in [2.24, 2.45) is 0 Å². The van der Waals surface area contributed by atoms with Crippen LogP contribution in [0.3, 0.4) is 0 Å². The van der Waals surface area contributed by atoms with Crippen molar-refractivity contribution in [3.8, 4) is 0 Å². The van der Waals surface area contributed by atoms with Crippen LogP contribution in [0, 0.1) is 0 Å². The SMILES string of the molecule is ONC(NO)c1ncc[nH]1. The second-order valence-corrected chi connectivity index (χ2v) is 1.67. The largest absolute Gasteiger partial charge is 0.346 e. The highest BCUT2D eigenvalue weighted by Gasteiger charge is 2.08. The van der Waals surface area contributed by atoms with Crippen molar-refractivity contribution in [1.29, 1.82) is 0 Å². The fourth-order valence-corrected chi connectivity index (χ4v) is 0.587. The Morgan fingerprint density at radius 2 is 2.20 bits per heavy atom. The fraction of sp³-hybridized carbons (Fsp3) is 0.250. The van der Waals surface area contributed by atoms with Crippen LogP contribution in [0.1, 0.15) is 12.0 Å². The Hall–Kier alpha value is -0.950. The molecule has 0 radical (unpaired) electrons. The van der Waals surface area contributed by atoms with Gasteiger partial charge in [-0.05, 0) is 0 Å². The van der Waals surface area contributed by atoms with E-state index in [1.807, 2.05) is 0 Å². The van der Waals surface area contributed by atoms with E-state index in [9.17, 15) is 0 Å². The van der Waals surface area contributed by atoms with Crippen molar-refractivity contribution in [2.45, 2.75) is 6.17 Å². The van der Waals surface area contributed by atoms with Crippen molar-refractivity contribution < 1.29 is 10.4 Å². The Kier molecular flexibility index (Phi) is 2.35. The van der Waals surface area contributed by atoms with Gasteiger partial charge in [-0.25, -0.2) is 4.98 Å². The lowest BCUT2D eigenvalue weighted by Gasteiger charge is -2.08. The van der Waals surface area contributed by atoms with Gasteiger partial charge < -0.3 is 15.4 Å². The van der Waals surface area contributed by atoms with Crippen LogP contribution >= 0.6 is 0 Å². The van der Waals surface area contributed by atoms with Crippen molar-refractivity contribution in [3.05, 3.63) is 18.2 Å². The van der Waals surface area contributed by atoms with Crippen molar-refractivity contribution >= 4 is 0 Å². The van der Waals surface area contributed by atoms with Crippen molar-refractivity contribution in [1.82, 2.24) is 20.9 Å². The van der Waals surface area contributed by atoms with Gasteiger partial charge >= 0.3 is 0 Å². The smallest absolute Gasteiger partial charge is 0.161 e. The molecule has 0 aromatic carbocycles. The third-order valence-electron chi connectivity index (χ3n) is 1.05. The van der Waals surface area contributed by atoms with Crippen LogP contribution < -0.4 is 11.0 Å². The lowest BCUT2D eigenvalue weighted by Crippen LogP contribution is -2.30. The van der Waals surface area contributed by atoms with Crippen LogP contribution in [-0.4, -0.2) is 20.4 Å². The van der Waals surface area contributed by atoms with Crippen molar-refractivity contribution in [2.75, 3.05) is 0 Å². The van der Waals surface area contributed by atoms with E-state index in [-0.39, 0.29) is 0 Å². The van der Waals surface area contributed by atoms with Crippen LogP contribution in [0.4, 0.5) is 0 Å². The molecule has 0 spiro atoms. The predicted molar refractivity (Wildman–Crippen MR) is 31.2 cm³/mol. The number of nitrogens with one attached hydrogen (secondary N) is 3. The third-order valence-corrected chi connectivity index (χ3v) is 1.05. The average molecular weight is 144 g/mol. The number of hydroxylamine groups is 2. The summed E-state index contributed by atoms with van der Waals surface area (Å²) < 4.78 is 0. The number of hydrogen-bond donors (Lipinski definition) is 5. The summed E-state index contributed by atoms with van der Waals surface area (Å²) in [4.78, 5) is 6.44. The van der Waals surface area contributed by atoms with Crippen LogP contribution in [0.15, 0.2) is 12.4 Å². The molecule has 0 fully saturated rings. The maximum Gasteiger partial charge on any atom is 0.161 e. The summed E-state index contributed by atoms with van der Waals surface area (Å²) in [5, 5.41) is 16.7. The quantitative estimate of drug-likeness (QED) is 0.287. The maximum absolute atomic E-state index is 8.37. The molecule has 1 heterocycles. The molecule has 10 heavy (non-hydrogen) atoms. The topological polar surface area (TPSA) is 93.2 Å². The minimum Gasteiger partial charge on any atom is -0.346 e. The molecule has 0 saturated carbocycles. The van der Waals surface area contributed by atoms with E-state index in [0.29, 0.717) is 5.82 Å². The number of aromatic amines is 1. The van der Waals surface area contributed by atoms with Gasteiger partial charge in [-0.1, -0.05) is 0 Å². The molecule has 0 atom stereocenters. The Bertz CT molecular complexity index is 171. The summed E-state index contributed by atoms with van der Waals surface area (Å²) in [6, 6.07) is 0. The fourth-order valence-electron chi connectivity index (χ4n) is 0.587. The van der Waals surface area contributed by atoms with Gasteiger partial charge in [-0.2, -0.15) is 11.0 Å². The zero-order valence-corrected chi connectivity index (χ0v) is 5.07. The number of imidazole rings is 1. The highest BCUT2D eigenvalue weighted by molar-refractivity contribution is 4.91. The van der Waals surface area contributed by atoms with Gasteiger partial charge in [-0.15, -0.1) is 0 Å². The summed E-state index contributed by atoms with van der Waals surface area (Å²) in [7, 11) is 0. The van der Waals surface area contributed by atoms with E-state index in [1.165, 1.54) is 6.20 Å². The Labute approximate surface area is 56.8 Å². The summed E-state index contributed by atoms with van der Waals surface area (Å²) >= 11 is 0. The van der Waals surface area contributed by atoms with E-state index in [0.717, 1.165) is 0 Å². The molecular formula is C4H8N4O2. The minimum absolute atomic E-state index is 0.407. The third kappa shape index (κ3) is 1.31. The molecule has 1 aromatic rings. The molecule has 1 aromatic heterocycles. The van der Waals surface area contributed by atoms with Crippen molar-refractivity contribution in [3.63, 3.8) is 0 Å². The second kappa shape index (κ2) is 3.28. The number of nitrogens with zero attached hydrogens (tertiary/aromatic N) is 1. The first-order valence-electron chi connectivity index (χ1n) is 2.67. The first-order chi connectivity index (χ1) is 4.88. The summed E-state index contributed by atoms with van der Waals surface area (Å²) in [5.41, 5.74) is 3.60. The molecule has 0 aliphatic heterocycles. The Morgan fingerprint density at radius 3 is 2.60 bits per heavy atom. The molecular weight excluding hydrogens is 136 g/mol. The van der Waals surface area contributed by atoms with Gasteiger partial charge in [0.05, 0.1) is 0 Å². The number of hydrogen-bond acceptors (Lipinski definition) is 5. The number of aromatic nitrogens is 2. The Morgan fingerprint density at radius 1 is 1.50 bits per heavy atom. The first-order valence-corrected chi connectivity index (χ1v) is 2.67. The molecule has 6 nitrogen and oxygen atoms in total. The van der Waals surface area contributed by atoms with Crippen LogP contribution in [0.5, 0.6) is 0 Å². The monoisotopic (exact) mass is 144 g/mol. The van der Waals surface area contributed by atoms with E-state index >= 15 is 0 Å². The number of H-pyrrole nitrogens is 1. The highest BCUT2D eigenvalue weighted by Crippen LogP contribution is 1.98. The minimum atomic E-state index is -0.769. The maximum atomic E-state index is 8.37. The number of rotatable bonds is 3. The lowest BCUT2D eigenvalue weighted by molar-refractivity contribution is 0.0219. The molecule has 0 saturated heterocycles. The van der Waals surface area contributed by atoms with E-state index < -0.39 is 6.17 Å². The zero-order valence-electron chi connectivity index (χ0n) is 5.07. The predicted octanol–water partition coefficient (Wildman–Crippen LogP) is -0.634. The molecule has 6 heteroatoms. The standard InChI is InChI=1S/C4H8N4O2/c9-7-4(8-10)3-5-1-2-6-3/h1-2,4,7-10H,(H,5,6). The van der Waals surface area contributed by atoms with Gasteiger partial charge in [-0.3, -0.25) is 0 Å². The molecule has 1 rings (SSSR count). The van der Waals surface area contributed by atoms with Crippen LogP contribution in [0.2, 0.25) is 0 Å². The summed E-state index contributed by atoms with van der Waals surface area (Å²) in [5.74, 6) is 0.407. The molecule has 0 bridgehead atoms. The zero-order chi connectivity index (χ0) is 7.40. The summed E-state index contributed by atoms with van der Waals surface area (Å²) in [6.07, 6.45) is 2.32. The molecule has 0 unspecified atom stereocenters. The molecule has 0 amide bonds. The normalized spacial score (nSPS) is 10.7. The van der Waals surface area contributed by atoms with E-state index in [2.05, 4.69) is 9.97 Å². The van der Waals surface area contributed by atoms with E-state index in [1.54, 1.807) is 17.2 Å². The van der Waals surface area contributed by atoms with Crippen LogP contribution in [0.25, 0.3) is 0 Å². The molecule has 0 aliphatic rings. The highest BCUT2D eigenvalue weighted by atomic mass is 16.5. The van der Waals surface area contributed by atoms with Crippen LogP contribution in [-0.2, 0) is 0 Å². The van der Waals surface area contributed by atoms with Gasteiger partial charge in [0, 0.05) is 12.4 Å². The molecule has 0 aliphatic carbocycles. The van der Waals surface area contributed by atoms with E-state index in [4.69, 9.17) is 10.4 Å².